The normalized spacial score (nSPS) is 19.3. The molecule has 1 N–H and O–H groups in total. The van der Waals surface area contributed by atoms with Crippen molar-refractivity contribution in [3.63, 3.8) is 0 Å². The third-order valence-electron chi connectivity index (χ3n) is 5.33. The van der Waals surface area contributed by atoms with Gasteiger partial charge in [0.05, 0.1) is 19.8 Å². The molecule has 0 spiro atoms. The third-order valence-corrected chi connectivity index (χ3v) is 5.82. The van der Waals surface area contributed by atoms with Crippen molar-refractivity contribution in [3.8, 4) is 11.5 Å². The molecule has 6 heteroatoms. The van der Waals surface area contributed by atoms with Crippen LogP contribution in [0.4, 0.5) is 5.69 Å². The van der Waals surface area contributed by atoms with E-state index < -0.39 is 0 Å². The molecule has 28 heavy (non-hydrogen) atoms. The summed E-state index contributed by atoms with van der Waals surface area (Å²) < 4.78 is 12.6. The van der Waals surface area contributed by atoms with Crippen LogP contribution in [0.3, 0.4) is 0 Å². The fourth-order valence-corrected chi connectivity index (χ4v) is 4.40. The van der Waals surface area contributed by atoms with E-state index in [-0.39, 0.29) is 11.9 Å². The third kappa shape index (κ3) is 4.33. The minimum absolute atomic E-state index is 0.0201. The zero-order valence-corrected chi connectivity index (χ0v) is 17.6. The van der Waals surface area contributed by atoms with Gasteiger partial charge >= 0.3 is 0 Å². The topological polar surface area (TPSA) is 50.8 Å². The molecule has 148 valence electrons. The van der Waals surface area contributed by atoms with E-state index in [1.807, 2.05) is 31.2 Å². The highest BCUT2D eigenvalue weighted by Crippen LogP contribution is 2.37. The van der Waals surface area contributed by atoms with Gasteiger partial charge in [0.2, 0.25) is 5.91 Å². The first-order chi connectivity index (χ1) is 13.6. The summed E-state index contributed by atoms with van der Waals surface area (Å²) in [5.74, 6) is 1.65. The number of hydrogen-bond donors (Lipinski definition) is 1. The first-order valence-corrected chi connectivity index (χ1v) is 10.6. The standard InChI is InChI=1S/C22H25BrN2O3/c1-15-12-17(23)6-7-18(15)24-22(26)14-25-9-2-4-19(25)16-5-8-20-21(13-16)28-11-3-10-27-20/h5-8,12-13,19H,2-4,9-11,14H2,1H3,(H,24,26)/t19-/m0/s1. The van der Waals surface area contributed by atoms with Gasteiger partial charge in [0, 0.05) is 22.6 Å². The molecule has 0 radical (unpaired) electrons. The number of amides is 1. The number of likely N-dealkylation sites (tertiary alicyclic amines) is 1. The molecule has 1 amide bonds. The zero-order chi connectivity index (χ0) is 19.5. The number of anilines is 1. The second-order valence-corrected chi connectivity index (χ2v) is 8.31. The Balaban J connectivity index is 1.45. The highest BCUT2D eigenvalue weighted by Gasteiger charge is 2.28. The van der Waals surface area contributed by atoms with E-state index >= 15 is 0 Å². The Bertz CT molecular complexity index is 871. The molecule has 1 saturated heterocycles. The number of nitrogens with one attached hydrogen (secondary N) is 1. The summed E-state index contributed by atoms with van der Waals surface area (Å²) in [4.78, 5) is 14.9. The highest BCUT2D eigenvalue weighted by atomic mass is 79.9. The number of aryl methyl sites for hydroxylation is 1. The fourth-order valence-electron chi connectivity index (χ4n) is 3.92. The summed E-state index contributed by atoms with van der Waals surface area (Å²) in [6.07, 6.45) is 3.03. The molecule has 2 aromatic rings. The van der Waals surface area contributed by atoms with Crippen molar-refractivity contribution in [2.24, 2.45) is 0 Å². The molecule has 1 atom stereocenters. The van der Waals surface area contributed by atoms with Crippen molar-refractivity contribution in [3.05, 3.63) is 52.0 Å². The average molecular weight is 445 g/mol. The Labute approximate surface area is 174 Å². The molecule has 1 fully saturated rings. The lowest BCUT2D eigenvalue weighted by Gasteiger charge is -2.25. The Morgan fingerprint density at radius 2 is 1.96 bits per heavy atom. The predicted octanol–water partition coefficient (Wildman–Crippen LogP) is 4.69. The molecule has 0 saturated carbocycles. The lowest BCUT2D eigenvalue weighted by Crippen LogP contribution is -2.33. The van der Waals surface area contributed by atoms with Gasteiger partial charge in [0.15, 0.2) is 11.5 Å². The van der Waals surface area contributed by atoms with Crippen molar-refractivity contribution >= 4 is 27.5 Å². The number of nitrogens with zero attached hydrogens (tertiary/aromatic N) is 1. The summed E-state index contributed by atoms with van der Waals surface area (Å²) in [6, 6.07) is 12.3. The first-order valence-electron chi connectivity index (χ1n) is 9.80. The Morgan fingerprint density at radius 1 is 1.14 bits per heavy atom. The van der Waals surface area contributed by atoms with Crippen LogP contribution in [0.1, 0.15) is 36.4 Å². The Morgan fingerprint density at radius 3 is 2.79 bits per heavy atom. The van der Waals surface area contributed by atoms with E-state index in [1.54, 1.807) is 0 Å². The zero-order valence-electron chi connectivity index (χ0n) is 16.0. The molecule has 2 aliphatic heterocycles. The minimum atomic E-state index is 0.0201. The smallest absolute Gasteiger partial charge is 0.238 e. The Hall–Kier alpha value is -2.05. The van der Waals surface area contributed by atoms with Crippen molar-refractivity contribution < 1.29 is 14.3 Å². The van der Waals surface area contributed by atoms with Gasteiger partial charge in [0.1, 0.15) is 0 Å². The maximum Gasteiger partial charge on any atom is 0.238 e. The maximum atomic E-state index is 12.7. The molecule has 4 rings (SSSR count). The molecule has 5 nitrogen and oxygen atoms in total. The van der Waals surface area contributed by atoms with Crippen LogP contribution in [0.25, 0.3) is 0 Å². The first kappa shape index (κ1) is 19.3. The number of hydrogen-bond acceptors (Lipinski definition) is 4. The van der Waals surface area contributed by atoms with Gasteiger partial charge in [0.25, 0.3) is 0 Å². The van der Waals surface area contributed by atoms with E-state index in [0.29, 0.717) is 19.8 Å². The number of halogens is 1. The van der Waals surface area contributed by atoms with Crippen LogP contribution in [0.15, 0.2) is 40.9 Å². The molecule has 2 aliphatic rings. The van der Waals surface area contributed by atoms with Crippen molar-refractivity contribution in [1.29, 1.82) is 0 Å². The van der Waals surface area contributed by atoms with E-state index in [4.69, 9.17) is 9.47 Å². The predicted molar refractivity (Wildman–Crippen MR) is 113 cm³/mol. The summed E-state index contributed by atoms with van der Waals surface area (Å²) in [5, 5.41) is 3.05. The van der Waals surface area contributed by atoms with Gasteiger partial charge in [-0.1, -0.05) is 22.0 Å². The van der Waals surface area contributed by atoms with Gasteiger partial charge in [-0.2, -0.15) is 0 Å². The van der Waals surface area contributed by atoms with E-state index in [0.717, 1.165) is 53.0 Å². The van der Waals surface area contributed by atoms with Crippen molar-refractivity contribution in [1.82, 2.24) is 4.90 Å². The van der Waals surface area contributed by atoms with Crippen LogP contribution in [0.5, 0.6) is 11.5 Å². The second-order valence-electron chi connectivity index (χ2n) is 7.39. The average Bonchev–Trinajstić information content (AvgIpc) is 2.99. The van der Waals surface area contributed by atoms with Crippen LogP contribution in [0.2, 0.25) is 0 Å². The molecule has 0 aromatic heterocycles. The monoisotopic (exact) mass is 444 g/mol. The van der Waals surface area contributed by atoms with E-state index in [1.165, 1.54) is 5.56 Å². The molecule has 2 aromatic carbocycles. The van der Waals surface area contributed by atoms with Crippen LogP contribution in [-0.4, -0.2) is 37.1 Å². The largest absolute Gasteiger partial charge is 0.490 e. The molecule has 0 bridgehead atoms. The Kier molecular flexibility index (Phi) is 5.87. The molecule has 0 unspecified atom stereocenters. The summed E-state index contributed by atoms with van der Waals surface area (Å²) in [5.41, 5.74) is 3.09. The van der Waals surface area contributed by atoms with Gasteiger partial charge in [-0.25, -0.2) is 0 Å². The maximum absolute atomic E-state index is 12.7. The number of carbonyl (C=O) groups is 1. The summed E-state index contributed by atoms with van der Waals surface area (Å²) in [7, 11) is 0. The lowest BCUT2D eigenvalue weighted by molar-refractivity contribution is -0.117. The summed E-state index contributed by atoms with van der Waals surface area (Å²) in [6.45, 7) is 4.68. The van der Waals surface area contributed by atoms with Crippen LogP contribution in [-0.2, 0) is 4.79 Å². The van der Waals surface area contributed by atoms with Gasteiger partial charge in [-0.05, 0) is 67.8 Å². The number of carbonyl (C=O) groups excluding carboxylic acids is 1. The van der Waals surface area contributed by atoms with Crippen LogP contribution >= 0.6 is 15.9 Å². The highest BCUT2D eigenvalue weighted by molar-refractivity contribution is 9.10. The SMILES string of the molecule is Cc1cc(Br)ccc1NC(=O)CN1CCC[C@H]1c1ccc2c(c1)OCCCO2. The van der Waals surface area contributed by atoms with Gasteiger partial charge in [-0.3, -0.25) is 9.69 Å². The minimum Gasteiger partial charge on any atom is -0.490 e. The lowest BCUT2D eigenvalue weighted by atomic mass is 10.0. The van der Waals surface area contributed by atoms with E-state index in [2.05, 4.69) is 38.3 Å². The number of fused-ring (bicyclic) bond motifs is 1. The van der Waals surface area contributed by atoms with Crippen molar-refractivity contribution in [2.75, 3.05) is 31.6 Å². The molecular formula is C22H25BrN2O3. The number of ether oxygens (including phenoxy) is 2. The molecular weight excluding hydrogens is 420 g/mol. The van der Waals surface area contributed by atoms with Crippen LogP contribution < -0.4 is 14.8 Å². The molecule has 0 aliphatic carbocycles. The second kappa shape index (κ2) is 8.53. The van der Waals surface area contributed by atoms with E-state index in [9.17, 15) is 4.79 Å². The summed E-state index contributed by atoms with van der Waals surface area (Å²) >= 11 is 3.46. The van der Waals surface area contributed by atoms with Crippen molar-refractivity contribution in [2.45, 2.75) is 32.2 Å². The fraction of sp³-hybridized carbons (Fsp3) is 0.409. The number of rotatable bonds is 4. The quantitative estimate of drug-likeness (QED) is 0.742. The molecule has 2 heterocycles. The van der Waals surface area contributed by atoms with Gasteiger partial charge in [-0.15, -0.1) is 0 Å². The number of benzene rings is 2. The van der Waals surface area contributed by atoms with Crippen LogP contribution in [0, 0.1) is 6.92 Å². The van der Waals surface area contributed by atoms with Gasteiger partial charge < -0.3 is 14.8 Å².